The predicted octanol–water partition coefficient (Wildman–Crippen LogP) is 2.19. The van der Waals surface area contributed by atoms with E-state index in [9.17, 15) is 0 Å². The number of nitrogens with zero attached hydrogens (tertiary/aromatic N) is 4. The van der Waals surface area contributed by atoms with Crippen LogP contribution < -0.4 is 5.73 Å². The fourth-order valence-corrected chi connectivity index (χ4v) is 2.35. The Morgan fingerprint density at radius 2 is 2.10 bits per heavy atom. The minimum absolute atomic E-state index is 0.629. The third-order valence-electron chi connectivity index (χ3n) is 3.31. The van der Waals surface area contributed by atoms with Crippen molar-refractivity contribution in [3.05, 3.63) is 42.2 Å². The van der Waals surface area contributed by atoms with E-state index in [2.05, 4.69) is 20.1 Å². The second-order valence-electron chi connectivity index (χ2n) is 4.71. The smallest absolute Gasteiger partial charge is 0.231 e. The fraction of sp³-hybridized carbons (Fsp3) is 0.0714. The van der Waals surface area contributed by atoms with Gasteiger partial charge in [-0.3, -0.25) is 0 Å². The first kappa shape index (κ1) is 11.0. The van der Waals surface area contributed by atoms with Crippen molar-refractivity contribution in [3.8, 4) is 5.95 Å². The number of aromatic nitrogens is 5. The molecule has 6 heteroatoms. The van der Waals surface area contributed by atoms with Crippen LogP contribution in [-0.4, -0.2) is 24.7 Å². The van der Waals surface area contributed by atoms with Gasteiger partial charge in [-0.05, 0) is 25.1 Å². The molecule has 0 fully saturated rings. The average Bonchev–Trinajstić information content (AvgIpc) is 3.00. The van der Waals surface area contributed by atoms with Crippen molar-refractivity contribution in [1.29, 1.82) is 0 Å². The van der Waals surface area contributed by atoms with Gasteiger partial charge in [0.25, 0.3) is 0 Å². The van der Waals surface area contributed by atoms with Crippen molar-refractivity contribution in [2.75, 3.05) is 5.73 Å². The summed E-state index contributed by atoms with van der Waals surface area (Å²) in [5.74, 6) is 0.654. The topological polar surface area (TPSA) is 85.4 Å². The highest BCUT2D eigenvalue weighted by atomic mass is 15.4. The molecule has 6 nitrogen and oxygen atoms in total. The number of nitrogen functional groups attached to an aromatic ring is 1. The summed E-state index contributed by atoms with van der Waals surface area (Å²) in [5, 5.41) is 5.44. The lowest BCUT2D eigenvalue weighted by Crippen LogP contribution is -2.00. The van der Waals surface area contributed by atoms with E-state index >= 15 is 0 Å². The maximum Gasteiger partial charge on any atom is 0.231 e. The van der Waals surface area contributed by atoms with Crippen molar-refractivity contribution in [1.82, 2.24) is 24.7 Å². The van der Waals surface area contributed by atoms with Gasteiger partial charge in [-0.15, -0.1) is 0 Å². The average molecular weight is 264 g/mol. The van der Waals surface area contributed by atoms with E-state index in [0.29, 0.717) is 11.6 Å². The molecule has 0 spiro atoms. The van der Waals surface area contributed by atoms with Crippen LogP contribution in [0.25, 0.3) is 28.0 Å². The molecule has 1 aromatic carbocycles. The number of imidazole rings is 1. The minimum Gasteiger partial charge on any atom is -0.397 e. The van der Waals surface area contributed by atoms with Crippen molar-refractivity contribution >= 4 is 27.8 Å². The molecule has 0 unspecified atom stereocenters. The van der Waals surface area contributed by atoms with Gasteiger partial charge in [-0.1, -0.05) is 12.1 Å². The maximum atomic E-state index is 5.78. The van der Waals surface area contributed by atoms with Crippen LogP contribution in [0.5, 0.6) is 0 Å². The molecule has 4 aromatic rings. The molecule has 3 heterocycles. The van der Waals surface area contributed by atoms with Crippen LogP contribution in [-0.2, 0) is 0 Å². The molecule has 0 aliphatic carbocycles. The summed E-state index contributed by atoms with van der Waals surface area (Å²) in [7, 11) is 0. The van der Waals surface area contributed by atoms with Gasteiger partial charge in [-0.25, -0.2) is 9.97 Å². The zero-order chi connectivity index (χ0) is 13.7. The number of rotatable bonds is 1. The summed E-state index contributed by atoms with van der Waals surface area (Å²) in [6.45, 7) is 1.93. The molecular formula is C14H12N6. The first-order valence-electron chi connectivity index (χ1n) is 6.28. The number of nitrogens with two attached hydrogens (primary N) is 1. The summed E-state index contributed by atoms with van der Waals surface area (Å²) in [5.41, 5.74) is 9.90. The predicted molar refractivity (Wildman–Crippen MR) is 77.7 cm³/mol. The van der Waals surface area contributed by atoms with Crippen molar-refractivity contribution in [2.24, 2.45) is 0 Å². The molecule has 0 bridgehead atoms. The van der Waals surface area contributed by atoms with E-state index in [1.807, 2.05) is 37.3 Å². The number of para-hydroxylation sites is 2. The lowest BCUT2D eigenvalue weighted by Gasteiger charge is -1.97. The number of hydrogen-bond donors (Lipinski definition) is 2. The van der Waals surface area contributed by atoms with E-state index in [1.54, 1.807) is 10.9 Å². The van der Waals surface area contributed by atoms with Crippen LogP contribution >= 0.6 is 0 Å². The van der Waals surface area contributed by atoms with Gasteiger partial charge in [0, 0.05) is 5.39 Å². The Morgan fingerprint density at radius 1 is 1.25 bits per heavy atom. The third kappa shape index (κ3) is 1.48. The van der Waals surface area contributed by atoms with E-state index in [0.717, 1.165) is 27.8 Å². The quantitative estimate of drug-likeness (QED) is 0.552. The molecule has 0 radical (unpaired) electrons. The first-order chi connectivity index (χ1) is 9.72. The molecule has 0 saturated carbocycles. The number of fused-ring (bicyclic) bond motifs is 2. The Morgan fingerprint density at radius 3 is 2.95 bits per heavy atom. The van der Waals surface area contributed by atoms with Gasteiger partial charge in [0.1, 0.15) is 0 Å². The number of H-pyrrole nitrogens is 1. The molecule has 0 atom stereocenters. The maximum absolute atomic E-state index is 5.78. The highest BCUT2D eigenvalue weighted by Gasteiger charge is 2.13. The Hall–Kier alpha value is -2.89. The summed E-state index contributed by atoms with van der Waals surface area (Å²) in [4.78, 5) is 12.2. The van der Waals surface area contributed by atoms with E-state index < -0.39 is 0 Å². The summed E-state index contributed by atoms with van der Waals surface area (Å²) in [6.07, 6.45) is 1.63. The monoisotopic (exact) mass is 264 g/mol. The van der Waals surface area contributed by atoms with Gasteiger partial charge >= 0.3 is 0 Å². The molecule has 98 valence electrons. The molecule has 4 rings (SSSR count). The van der Waals surface area contributed by atoms with Gasteiger partial charge in [-0.2, -0.15) is 9.78 Å². The van der Waals surface area contributed by atoms with Gasteiger partial charge in [0.15, 0.2) is 5.65 Å². The van der Waals surface area contributed by atoms with E-state index in [4.69, 9.17) is 5.73 Å². The van der Waals surface area contributed by atoms with E-state index in [1.165, 1.54) is 0 Å². The molecule has 0 aliphatic rings. The second kappa shape index (κ2) is 3.80. The SMILES string of the molecule is Cc1nn(-c2nc3ccccc3[nH]2)c2ncc(N)cc12. The molecule has 0 aliphatic heterocycles. The first-order valence-corrected chi connectivity index (χ1v) is 6.28. The van der Waals surface area contributed by atoms with Crippen molar-refractivity contribution in [3.63, 3.8) is 0 Å². The van der Waals surface area contributed by atoms with Gasteiger partial charge in [0.2, 0.25) is 5.95 Å². The van der Waals surface area contributed by atoms with Crippen molar-refractivity contribution in [2.45, 2.75) is 6.92 Å². The Bertz CT molecular complexity index is 900. The van der Waals surface area contributed by atoms with Crippen LogP contribution in [0.4, 0.5) is 5.69 Å². The molecule has 3 N–H and O–H groups in total. The lowest BCUT2D eigenvalue weighted by atomic mass is 10.2. The number of pyridine rings is 1. The van der Waals surface area contributed by atoms with Crippen LogP contribution in [0.15, 0.2) is 36.5 Å². The highest BCUT2D eigenvalue weighted by molar-refractivity contribution is 5.83. The molecule has 0 amide bonds. The van der Waals surface area contributed by atoms with Gasteiger partial charge < -0.3 is 10.7 Å². The Balaban J connectivity index is 2.02. The van der Waals surface area contributed by atoms with Crippen LogP contribution in [0, 0.1) is 6.92 Å². The number of anilines is 1. The molecule has 0 saturated heterocycles. The van der Waals surface area contributed by atoms with Crippen molar-refractivity contribution < 1.29 is 0 Å². The number of aryl methyl sites for hydroxylation is 1. The third-order valence-corrected chi connectivity index (χ3v) is 3.31. The number of aromatic amines is 1. The highest BCUT2D eigenvalue weighted by Crippen LogP contribution is 2.21. The molecule has 20 heavy (non-hydrogen) atoms. The molecular weight excluding hydrogens is 252 g/mol. The van der Waals surface area contributed by atoms with E-state index in [-0.39, 0.29) is 0 Å². The minimum atomic E-state index is 0.629. The Kier molecular flexibility index (Phi) is 2.09. The zero-order valence-electron chi connectivity index (χ0n) is 10.8. The lowest BCUT2D eigenvalue weighted by molar-refractivity contribution is 0.830. The summed E-state index contributed by atoms with van der Waals surface area (Å²) >= 11 is 0. The number of benzene rings is 1. The largest absolute Gasteiger partial charge is 0.397 e. The van der Waals surface area contributed by atoms with Gasteiger partial charge in [0.05, 0.1) is 28.6 Å². The normalized spacial score (nSPS) is 11.4. The number of nitrogens with one attached hydrogen (secondary N) is 1. The Labute approximate surface area is 114 Å². The van der Waals surface area contributed by atoms with Crippen LogP contribution in [0.1, 0.15) is 5.69 Å². The standard InChI is InChI=1S/C14H12N6/c1-8-10-6-9(15)7-16-13(10)20(19-8)14-17-11-4-2-3-5-12(11)18-14/h2-7H,15H2,1H3,(H,17,18). The second-order valence-corrected chi connectivity index (χ2v) is 4.71. The summed E-state index contributed by atoms with van der Waals surface area (Å²) < 4.78 is 1.71. The zero-order valence-corrected chi connectivity index (χ0v) is 10.8. The molecule has 3 aromatic heterocycles. The number of hydrogen-bond acceptors (Lipinski definition) is 4. The van der Waals surface area contributed by atoms with Crippen LogP contribution in [0.3, 0.4) is 0 Å². The fourth-order valence-electron chi connectivity index (χ4n) is 2.35. The van der Waals surface area contributed by atoms with Crippen LogP contribution in [0.2, 0.25) is 0 Å². The summed E-state index contributed by atoms with van der Waals surface area (Å²) in [6, 6.07) is 9.74.